The van der Waals surface area contributed by atoms with Crippen LogP contribution in [0.15, 0.2) is 48.5 Å². The number of halogens is 4. The maximum Gasteiger partial charge on any atom is 0.417 e. The first kappa shape index (κ1) is 19.7. The van der Waals surface area contributed by atoms with E-state index in [2.05, 4.69) is 10.2 Å². The Morgan fingerprint density at radius 2 is 1.85 bits per heavy atom. The van der Waals surface area contributed by atoms with Gasteiger partial charge >= 0.3 is 6.18 Å². The monoisotopic (exact) mass is 396 g/mol. The standard InChI is InChI=1S/C20H20ClF3N2O/c21-15-9-7-14(8-10-15)12-26-11-3-4-16(13-26)25-19(27)17-5-1-2-6-18(17)20(22,23)24/h1-2,5-10,16H,3-4,11-13H2,(H,25,27)/t16-/m0/s1. The van der Waals surface area contributed by atoms with E-state index >= 15 is 0 Å². The highest BCUT2D eigenvalue weighted by molar-refractivity contribution is 6.30. The predicted octanol–water partition coefficient (Wildman–Crippen LogP) is 4.75. The molecule has 2 aromatic carbocycles. The van der Waals surface area contributed by atoms with Crippen LogP contribution in [0.5, 0.6) is 0 Å². The number of amides is 1. The Labute approximate surface area is 161 Å². The number of nitrogens with zero attached hydrogens (tertiary/aromatic N) is 1. The van der Waals surface area contributed by atoms with E-state index in [1.165, 1.54) is 18.2 Å². The van der Waals surface area contributed by atoms with Gasteiger partial charge in [0.25, 0.3) is 5.91 Å². The lowest BCUT2D eigenvalue weighted by Crippen LogP contribution is -2.47. The summed E-state index contributed by atoms with van der Waals surface area (Å²) < 4.78 is 39.4. The second-order valence-corrected chi connectivity index (χ2v) is 7.15. The van der Waals surface area contributed by atoms with Crippen LogP contribution >= 0.6 is 11.6 Å². The van der Waals surface area contributed by atoms with Crippen molar-refractivity contribution in [3.8, 4) is 0 Å². The van der Waals surface area contributed by atoms with Crippen molar-refractivity contribution in [3.63, 3.8) is 0 Å². The minimum absolute atomic E-state index is 0.181. The Balaban J connectivity index is 1.64. The molecular weight excluding hydrogens is 377 g/mol. The normalized spacial score (nSPS) is 18.3. The minimum atomic E-state index is -4.55. The third kappa shape index (κ3) is 5.23. The van der Waals surface area contributed by atoms with Gasteiger partial charge in [-0.15, -0.1) is 0 Å². The molecule has 3 rings (SSSR count). The minimum Gasteiger partial charge on any atom is -0.348 e. The molecule has 0 aliphatic carbocycles. The molecule has 144 valence electrons. The van der Waals surface area contributed by atoms with E-state index in [4.69, 9.17) is 11.6 Å². The number of likely N-dealkylation sites (tertiary alicyclic amines) is 1. The fraction of sp³-hybridized carbons (Fsp3) is 0.350. The fourth-order valence-corrected chi connectivity index (χ4v) is 3.48. The zero-order valence-electron chi connectivity index (χ0n) is 14.6. The van der Waals surface area contributed by atoms with Crippen molar-refractivity contribution in [2.75, 3.05) is 13.1 Å². The van der Waals surface area contributed by atoms with Gasteiger partial charge in [0.2, 0.25) is 0 Å². The topological polar surface area (TPSA) is 32.3 Å². The van der Waals surface area contributed by atoms with Gasteiger partial charge in [-0.1, -0.05) is 35.9 Å². The third-order valence-corrected chi connectivity index (χ3v) is 4.89. The predicted molar refractivity (Wildman–Crippen MR) is 98.7 cm³/mol. The molecule has 0 saturated carbocycles. The quantitative estimate of drug-likeness (QED) is 0.808. The van der Waals surface area contributed by atoms with Gasteiger partial charge in [0, 0.05) is 24.2 Å². The van der Waals surface area contributed by atoms with E-state index in [9.17, 15) is 18.0 Å². The van der Waals surface area contributed by atoms with Crippen molar-refractivity contribution in [2.24, 2.45) is 0 Å². The molecule has 7 heteroatoms. The lowest BCUT2D eigenvalue weighted by Gasteiger charge is -2.33. The number of rotatable bonds is 4. The van der Waals surface area contributed by atoms with Crippen molar-refractivity contribution >= 4 is 17.5 Å². The summed E-state index contributed by atoms with van der Waals surface area (Å²) in [6.07, 6.45) is -2.93. The smallest absolute Gasteiger partial charge is 0.348 e. The fourth-order valence-electron chi connectivity index (χ4n) is 3.36. The van der Waals surface area contributed by atoms with E-state index in [-0.39, 0.29) is 11.6 Å². The first-order valence-electron chi connectivity index (χ1n) is 8.77. The van der Waals surface area contributed by atoms with Gasteiger partial charge in [-0.3, -0.25) is 9.69 Å². The maximum atomic E-state index is 13.1. The van der Waals surface area contributed by atoms with E-state index in [1.807, 2.05) is 24.3 Å². The second kappa shape index (κ2) is 8.31. The molecule has 1 N–H and O–H groups in total. The summed E-state index contributed by atoms with van der Waals surface area (Å²) in [7, 11) is 0. The summed E-state index contributed by atoms with van der Waals surface area (Å²) in [6.45, 7) is 2.19. The molecule has 0 aromatic heterocycles. The van der Waals surface area contributed by atoms with Gasteiger partial charge in [-0.25, -0.2) is 0 Å². The van der Waals surface area contributed by atoms with Crippen LogP contribution in [0.2, 0.25) is 5.02 Å². The van der Waals surface area contributed by atoms with Gasteiger partial charge < -0.3 is 5.32 Å². The number of alkyl halides is 3. The third-order valence-electron chi connectivity index (χ3n) is 4.64. The molecule has 0 radical (unpaired) electrons. The molecule has 27 heavy (non-hydrogen) atoms. The van der Waals surface area contributed by atoms with Crippen LogP contribution in [0.1, 0.15) is 34.3 Å². The Bertz CT molecular complexity index is 793. The Morgan fingerprint density at radius 3 is 2.56 bits per heavy atom. The lowest BCUT2D eigenvalue weighted by molar-refractivity contribution is -0.137. The highest BCUT2D eigenvalue weighted by Crippen LogP contribution is 2.32. The second-order valence-electron chi connectivity index (χ2n) is 6.72. The number of piperidine rings is 1. The summed E-state index contributed by atoms with van der Waals surface area (Å²) in [5, 5.41) is 3.44. The average molecular weight is 397 g/mol. The van der Waals surface area contributed by atoms with E-state index in [0.717, 1.165) is 31.0 Å². The molecule has 1 fully saturated rings. The number of benzene rings is 2. The molecule has 0 spiro atoms. The Morgan fingerprint density at radius 1 is 1.15 bits per heavy atom. The lowest BCUT2D eigenvalue weighted by atomic mass is 10.0. The Hall–Kier alpha value is -2.05. The van der Waals surface area contributed by atoms with Crippen LogP contribution in [0.3, 0.4) is 0 Å². The molecule has 1 atom stereocenters. The summed E-state index contributed by atoms with van der Waals surface area (Å²) in [5.74, 6) is -0.679. The Kier molecular flexibility index (Phi) is 6.07. The van der Waals surface area contributed by atoms with Gasteiger partial charge in [0.15, 0.2) is 0 Å². The summed E-state index contributed by atoms with van der Waals surface area (Å²) in [5.41, 5.74) is -0.134. The highest BCUT2D eigenvalue weighted by atomic mass is 35.5. The SMILES string of the molecule is O=C(N[C@H]1CCCN(Cc2ccc(Cl)cc2)C1)c1ccccc1C(F)(F)F. The largest absolute Gasteiger partial charge is 0.417 e. The average Bonchev–Trinajstić information content (AvgIpc) is 2.63. The van der Waals surface area contributed by atoms with Crippen LogP contribution in [0, 0.1) is 0 Å². The highest BCUT2D eigenvalue weighted by Gasteiger charge is 2.35. The maximum absolute atomic E-state index is 13.1. The van der Waals surface area contributed by atoms with Gasteiger partial charge in [0.1, 0.15) is 0 Å². The van der Waals surface area contributed by atoms with E-state index in [1.54, 1.807) is 0 Å². The van der Waals surface area contributed by atoms with Crippen LogP contribution in [-0.2, 0) is 12.7 Å². The zero-order chi connectivity index (χ0) is 19.4. The van der Waals surface area contributed by atoms with Crippen LogP contribution in [0.25, 0.3) is 0 Å². The molecule has 2 aromatic rings. The molecule has 0 unspecified atom stereocenters. The van der Waals surface area contributed by atoms with Gasteiger partial charge in [-0.05, 0) is 49.2 Å². The van der Waals surface area contributed by atoms with Crippen molar-refractivity contribution in [1.82, 2.24) is 10.2 Å². The van der Waals surface area contributed by atoms with E-state index in [0.29, 0.717) is 18.1 Å². The van der Waals surface area contributed by atoms with Crippen molar-refractivity contribution in [3.05, 3.63) is 70.2 Å². The van der Waals surface area contributed by atoms with Gasteiger partial charge in [-0.2, -0.15) is 13.2 Å². The summed E-state index contributed by atoms with van der Waals surface area (Å²) >= 11 is 5.90. The molecule has 1 amide bonds. The van der Waals surface area contributed by atoms with Crippen LogP contribution in [-0.4, -0.2) is 29.9 Å². The number of nitrogens with one attached hydrogen (secondary N) is 1. The zero-order valence-corrected chi connectivity index (χ0v) is 15.4. The molecule has 1 aliphatic rings. The first-order valence-corrected chi connectivity index (χ1v) is 9.14. The molecule has 0 bridgehead atoms. The van der Waals surface area contributed by atoms with Gasteiger partial charge in [0.05, 0.1) is 11.1 Å². The molecule has 1 saturated heterocycles. The number of carbonyl (C=O) groups is 1. The molecular formula is C20H20ClF3N2O. The summed E-state index contributed by atoms with van der Waals surface area (Å²) in [6, 6.07) is 12.2. The first-order chi connectivity index (χ1) is 12.8. The van der Waals surface area contributed by atoms with Crippen molar-refractivity contribution in [2.45, 2.75) is 31.6 Å². The van der Waals surface area contributed by atoms with Crippen molar-refractivity contribution < 1.29 is 18.0 Å². The van der Waals surface area contributed by atoms with Crippen LogP contribution < -0.4 is 5.32 Å². The van der Waals surface area contributed by atoms with Crippen LogP contribution in [0.4, 0.5) is 13.2 Å². The molecule has 3 nitrogen and oxygen atoms in total. The number of hydrogen-bond donors (Lipinski definition) is 1. The van der Waals surface area contributed by atoms with E-state index < -0.39 is 17.6 Å². The van der Waals surface area contributed by atoms with Crippen molar-refractivity contribution in [1.29, 1.82) is 0 Å². The number of hydrogen-bond acceptors (Lipinski definition) is 2. The summed E-state index contributed by atoms with van der Waals surface area (Å²) in [4.78, 5) is 14.6. The molecule has 1 aliphatic heterocycles. The molecule has 1 heterocycles. The number of carbonyl (C=O) groups excluding carboxylic acids is 1.